The second kappa shape index (κ2) is 8.63. The largest absolute Gasteiger partial charge is 0.368 e. The highest BCUT2D eigenvalue weighted by Crippen LogP contribution is 2.23. The summed E-state index contributed by atoms with van der Waals surface area (Å²) in [5.74, 6) is 0.695. The second-order valence-corrected chi connectivity index (χ2v) is 8.17. The maximum absolute atomic E-state index is 11.6. The first-order valence-corrected chi connectivity index (χ1v) is 10.6. The summed E-state index contributed by atoms with van der Waals surface area (Å²) >= 11 is 3.09. The third-order valence-corrected chi connectivity index (χ3v) is 6.01. The molecule has 0 bridgehead atoms. The van der Waals surface area contributed by atoms with E-state index in [-0.39, 0.29) is 5.91 Å². The van der Waals surface area contributed by atoms with E-state index in [1.54, 1.807) is 36.8 Å². The Hall–Kier alpha value is -2.56. The van der Waals surface area contributed by atoms with Gasteiger partial charge < -0.3 is 15.5 Å². The predicted molar refractivity (Wildman–Crippen MR) is 113 cm³/mol. The van der Waals surface area contributed by atoms with E-state index in [2.05, 4.69) is 40.8 Å². The molecule has 28 heavy (non-hydrogen) atoms. The molecule has 2 N–H and O–H groups in total. The number of hydrogen-bond donors (Lipinski definition) is 2. The molecule has 3 aromatic rings. The summed E-state index contributed by atoms with van der Waals surface area (Å²) in [7, 11) is 1.61. The number of rotatable bonds is 6. The molecule has 0 radical (unpaired) electrons. The van der Waals surface area contributed by atoms with Crippen LogP contribution in [-0.4, -0.2) is 58.4 Å². The van der Waals surface area contributed by atoms with Crippen molar-refractivity contribution in [3.8, 4) is 0 Å². The molecule has 1 saturated heterocycles. The molecule has 1 aliphatic heterocycles. The van der Waals surface area contributed by atoms with Crippen molar-refractivity contribution in [3.05, 3.63) is 46.5 Å². The van der Waals surface area contributed by atoms with E-state index in [1.807, 2.05) is 11.4 Å². The first kappa shape index (κ1) is 18.8. The van der Waals surface area contributed by atoms with E-state index in [0.29, 0.717) is 5.69 Å². The van der Waals surface area contributed by atoms with Crippen LogP contribution in [0.15, 0.2) is 36.0 Å². The van der Waals surface area contributed by atoms with Crippen LogP contribution in [0.4, 0.5) is 16.6 Å². The highest BCUT2D eigenvalue weighted by Gasteiger charge is 2.19. The van der Waals surface area contributed by atoms with Gasteiger partial charge in [0.05, 0.1) is 11.9 Å². The molecule has 0 aromatic carbocycles. The lowest BCUT2D eigenvalue weighted by Crippen LogP contribution is -2.45. The number of pyridine rings is 1. The van der Waals surface area contributed by atoms with E-state index in [0.717, 1.165) is 49.4 Å². The number of thiazole rings is 1. The van der Waals surface area contributed by atoms with Gasteiger partial charge in [0, 0.05) is 56.2 Å². The number of carbonyl (C=O) groups is 1. The van der Waals surface area contributed by atoms with Gasteiger partial charge in [0.15, 0.2) is 5.13 Å². The molecular formula is C18H21N7OS2. The lowest BCUT2D eigenvalue weighted by Gasteiger charge is -2.35. The van der Waals surface area contributed by atoms with Crippen molar-refractivity contribution < 1.29 is 4.79 Å². The van der Waals surface area contributed by atoms with Gasteiger partial charge in [-0.15, -0.1) is 11.3 Å². The van der Waals surface area contributed by atoms with Gasteiger partial charge in [-0.3, -0.25) is 9.69 Å². The summed E-state index contributed by atoms with van der Waals surface area (Å²) in [4.78, 5) is 26.1. The molecule has 0 aliphatic carbocycles. The summed E-state index contributed by atoms with van der Waals surface area (Å²) in [5, 5.41) is 8.62. The van der Waals surface area contributed by atoms with Crippen LogP contribution in [0.25, 0.3) is 0 Å². The van der Waals surface area contributed by atoms with Gasteiger partial charge in [-0.05, 0) is 29.7 Å². The molecule has 146 valence electrons. The highest BCUT2D eigenvalue weighted by molar-refractivity contribution is 7.13. The fourth-order valence-electron chi connectivity index (χ4n) is 3.06. The zero-order valence-electron chi connectivity index (χ0n) is 15.5. The maximum Gasteiger partial charge on any atom is 0.269 e. The van der Waals surface area contributed by atoms with Crippen molar-refractivity contribution in [1.82, 2.24) is 24.6 Å². The predicted octanol–water partition coefficient (Wildman–Crippen LogP) is 2.42. The third-order valence-electron chi connectivity index (χ3n) is 4.55. The van der Waals surface area contributed by atoms with E-state index in [1.165, 1.54) is 16.4 Å². The van der Waals surface area contributed by atoms with Crippen LogP contribution in [0.2, 0.25) is 0 Å². The Kier molecular flexibility index (Phi) is 5.79. The fraction of sp³-hybridized carbons (Fsp3) is 0.333. The molecule has 0 unspecified atom stereocenters. The molecule has 3 aromatic heterocycles. The lowest BCUT2D eigenvalue weighted by atomic mass is 10.2. The van der Waals surface area contributed by atoms with Gasteiger partial charge in [0.1, 0.15) is 11.5 Å². The summed E-state index contributed by atoms with van der Waals surface area (Å²) in [6, 6.07) is 5.84. The molecule has 0 saturated carbocycles. The Bertz CT molecular complexity index is 902. The quantitative estimate of drug-likeness (QED) is 0.639. The molecule has 1 amide bonds. The standard InChI is InChI=1S/C18H21N7OS2/c1-19-17(26)15-3-2-13(11-21-15)25-7-5-24(6-8-25)12-14-10-16(23-28-14)22-18-20-4-9-27-18/h2-4,9-11H,5-8,12H2,1H3,(H,19,26)(H,20,22,23). The number of aromatic nitrogens is 3. The van der Waals surface area contributed by atoms with Gasteiger partial charge in [0.25, 0.3) is 5.91 Å². The Morgan fingerprint density at radius 3 is 2.75 bits per heavy atom. The number of amides is 1. The molecule has 8 nitrogen and oxygen atoms in total. The molecule has 1 fully saturated rings. The van der Waals surface area contributed by atoms with Crippen LogP contribution in [0.1, 0.15) is 15.4 Å². The molecular weight excluding hydrogens is 394 g/mol. The zero-order valence-corrected chi connectivity index (χ0v) is 17.1. The minimum atomic E-state index is -0.162. The second-order valence-electron chi connectivity index (χ2n) is 6.38. The monoisotopic (exact) mass is 415 g/mol. The molecule has 10 heteroatoms. The molecule has 0 atom stereocenters. The number of hydrogen-bond acceptors (Lipinski definition) is 9. The van der Waals surface area contributed by atoms with Crippen LogP contribution >= 0.6 is 22.9 Å². The number of nitrogens with zero attached hydrogens (tertiary/aromatic N) is 5. The van der Waals surface area contributed by atoms with E-state index >= 15 is 0 Å². The maximum atomic E-state index is 11.6. The average Bonchev–Trinajstić information content (AvgIpc) is 3.41. The van der Waals surface area contributed by atoms with Gasteiger partial charge in [0.2, 0.25) is 0 Å². The van der Waals surface area contributed by atoms with E-state index < -0.39 is 0 Å². The van der Waals surface area contributed by atoms with Crippen molar-refractivity contribution in [2.45, 2.75) is 6.54 Å². The fourth-order valence-corrected chi connectivity index (χ4v) is 4.32. The first-order valence-electron chi connectivity index (χ1n) is 8.99. The number of piperazine rings is 1. The van der Waals surface area contributed by atoms with Crippen LogP contribution < -0.4 is 15.5 Å². The molecule has 0 spiro atoms. The molecule has 1 aliphatic rings. The Morgan fingerprint density at radius 2 is 2.07 bits per heavy atom. The van der Waals surface area contributed by atoms with Crippen molar-refractivity contribution in [3.63, 3.8) is 0 Å². The smallest absolute Gasteiger partial charge is 0.269 e. The van der Waals surface area contributed by atoms with Crippen LogP contribution in [0, 0.1) is 0 Å². The normalized spacial score (nSPS) is 14.8. The van der Waals surface area contributed by atoms with Crippen LogP contribution in [0.3, 0.4) is 0 Å². The zero-order chi connectivity index (χ0) is 19.3. The highest BCUT2D eigenvalue weighted by atomic mass is 32.1. The summed E-state index contributed by atoms with van der Waals surface area (Å²) in [5.41, 5.74) is 1.50. The lowest BCUT2D eigenvalue weighted by molar-refractivity contribution is 0.0958. The Balaban J connectivity index is 1.28. The number of anilines is 3. The first-order chi connectivity index (χ1) is 13.7. The molecule has 4 rings (SSSR count). The van der Waals surface area contributed by atoms with Crippen molar-refractivity contribution in [2.75, 3.05) is 43.4 Å². The number of carbonyl (C=O) groups excluding carboxylic acids is 1. The SMILES string of the molecule is CNC(=O)c1ccc(N2CCN(Cc3cc(Nc4nccs4)ns3)CC2)cn1. The summed E-state index contributed by atoms with van der Waals surface area (Å²) < 4.78 is 4.47. The van der Waals surface area contributed by atoms with Crippen molar-refractivity contribution in [2.24, 2.45) is 0 Å². The Morgan fingerprint density at radius 1 is 1.21 bits per heavy atom. The minimum Gasteiger partial charge on any atom is -0.368 e. The summed E-state index contributed by atoms with van der Waals surface area (Å²) in [6.07, 6.45) is 3.56. The van der Waals surface area contributed by atoms with Crippen molar-refractivity contribution >= 4 is 45.4 Å². The van der Waals surface area contributed by atoms with Gasteiger partial charge in [-0.2, -0.15) is 4.37 Å². The van der Waals surface area contributed by atoms with Gasteiger partial charge in [-0.25, -0.2) is 9.97 Å². The Labute approximate surface area is 171 Å². The van der Waals surface area contributed by atoms with Crippen molar-refractivity contribution in [1.29, 1.82) is 0 Å². The van der Waals surface area contributed by atoms with Crippen LogP contribution in [0.5, 0.6) is 0 Å². The van der Waals surface area contributed by atoms with E-state index in [9.17, 15) is 4.79 Å². The summed E-state index contributed by atoms with van der Waals surface area (Å²) in [6.45, 7) is 4.72. The topological polar surface area (TPSA) is 86.3 Å². The van der Waals surface area contributed by atoms with Crippen LogP contribution in [-0.2, 0) is 6.54 Å². The number of nitrogens with one attached hydrogen (secondary N) is 2. The minimum absolute atomic E-state index is 0.162. The average molecular weight is 416 g/mol. The van der Waals surface area contributed by atoms with Gasteiger partial charge in [-0.1, -0.05) is 0 Å². The van der Waals surface area contributed by atoms with Gasteiger partial charge >= 0.3 is 0 Å². The third kappa shape index (κ3) is 4.46. The molecule has 4 heterocycles. The van der Waals surface area contributed by atoms with E-state index in [4.69, 9.17) is 0 Å².